The summed E-state index contributed by atoms with van der Waals surface area (Å²) in [6.07, 6.45) is 5.60. The van der Waals surface area contributed by atoms with Crippen LogP contribution in [-0.2, 0) is 6.54 Å². The van der Waals surface area contributed by atoms with Crippen molar-refractivity contribution in [3.63, 3.8) is 0 Å². The summed E-state index contributed by atoms with van der Waals surface area (Å²) in [6.45, 7) is 0.688. The molecule has 3 N–H and O–H groups in total. The van der Waals surface area contributed by atoms with Crippen LogP contribution in [0.1, 0.15) is 41.6 Å². The van der Waals surface area contributed by atoms with Crippen molar-refractivity contribution in [1.29, 1.82) is 0 Å². The van der Waals surface area contributed by atoms with Gasteiger partial charge in [0.15, 0.2) is 5.13 Å². The van der Waals surface area contributed by atoms with Crippen LogP contribution in [0.25, 0.3) is 21.3 Å². The highest BCUT2D eigenvalue weighted by atomic mass is 32.1. The molecule has 2 atom stereocenters. The highest BCUT2D eigenvalue weighted by Gasteiger charge is 2.23. The van der Waals surface area contributed by atoms with Crippen molar-refractivity contribution >= 4 is 43.6 Å². The fourth-order valence-corrected chi connectivity index (χ4v) is 5.23. The van der Waals surface area contributed by atoms with Gasteiger partial charge in [-0.1, -0.05) is 30.2 Å². The zero-order chi connectivity index (χ0) is 21.4. The zero-order valence-corrected chi connectivity index (χ0v) is 18.2. The predicted octanol–water partition coefficient (Wildman–Crippen LogP) is 3.77. The summed E-state index contributed by atoms with van der Waals surface area (Å²) < 4.78 is 3.21. The van der Waals surface area contributed by atoms with Crippen LogP contribution < -0.4 is 10.6 Å². The van der Waals surface area contributed by atoms with Crippen molar-refractivity contribution in [3.8, 4) is 0 Å². The standard InChI is InChI=1S/C23H25N5O2S/c1-24-22(30)15-7-9-19-18(11-15)25-13-28(19)12-14-6-8-17-21(10-14)31-23(27-17)26-16-4-2-3-5-20(16)29/h6-11,13,16,20,29H,2-5,12H2,1H3,(H,24,30)(H,26,27). The smallest absolute Gasteiger partial charge is 0.251 e. The number of hydrogen-bond acceptors (Lipinski definition) is 6. The lowest BCUT2D eigenvalue weighted by Crippen LogP contribution is -2.36. The van der Waals surface area contributed by atoms with Crippen LogP contribution in [0.3, 0.4) is 0 Å². The van der Waals surface area contributed by atoms with Crippen molar-refractivity contribution in [2.75, 3.05) is 12.4 Å². The summed E-state index contributed by atoms with van der Waals surface area (Å²) in [5.41, 5.74) is 4.53. The normalized spacial score (nSPS) is 19.0. The molecular weight excluding hydrogens is 410 g/mol. The van der Waals surface area contributed by atoms with Gasteiger partial charge in [0.2, 0.25) is 0 Å². The number of benzene rings is 2. The number of aliphatic hydroxyl groups is 1. The fourth-order valence-electron chi connectivity index (χ4n) is 4.24. The average molecular weight is 436 g/mol. The van der Waals surface area contributed by atoms with E-state index in [0.717, 1.165) is 57.6 Å². The topological polar surface area (TPSA) is 92.1 Å². The molecule has 0 bridgehead atoms. The molecule has 1 aliphatic rings. The number of carbonyl (C=O) groups excluding carboxylic acids is 1. The highest BCUT2D eigenvalue weighted by Crippen LogP contribution is 2.30. The Morgan fingerprint density at radius 3 is 2.90 bits per heavy atom. The maximum absolute atomic E-state index is 11.9. The Balaban J connectivity index is 1.36. The molecule has 0 spiro atoms. The van der Waals surface area contributed by atoms with Gasteiger partial charge in [-0.3, -0.25) is 4.79 Å². The molecule has 2 unspecified atom stereocenters. The van der Waals surface area contributed by atoms with E-state index in [0.29, 0.717) is 12.1 Å². The monoisotopic (exact) mass is 435 g/mol. The molecule has 1 amide bonds. The number of thiazole rings is 1. The molecule has 0 radical (unpaired) electrons. The third-order valence-electron chi connectivity index (χ3n) is 5.95. The third-order valence-corrected chi connectivity index (χ3v) is 6.90. The highest BCUT2D eigenvalue weighted by molar-refractivity contribution is 7.22. The molecule has 1 fully saturated rings. The quantitative estimate of drug-likeness (QED) is 0.444. The van der Waals surface area contributed by atoms with Gasteiger partial charge < -0.3 is 20.3 Å². The maximum atomic E-state index is 11.9. The van der Waals surface area contributed by atoms with Crippen molar-refractivity contribution in [1.82, 2.24) is 19.9 Å². The van der Waals surface area contributed by atoms with Gasteiger partial charge in [-0.2, -0.15) is 0 Å². The van der Waals surface area contributed by atoms with Crippen LogP contribution in [-0.4, -0.2) is 44.7 Å². The Kier molecular flexibility index (Phi) is 5.33. The minimum absolute atomic E-state index is 0.0887. The predicted molar refractivity (Wildman–Crippen MR) is 124 cm³/mol. The molecular formula is C23H25N5O2S. The Bertz CT molecular complexity index is 1250. The number of aromatic nitrogens is 3. The average Bonchev–Trinajstić information content (AvgIpc) is 3.37. The molecule has 1 aliphatic carbocycles. The van der Waals surface area contributed by atoms with E-state index in [-0.39, 0.29) is 18.1 Å². The van der Waals surface area contributed by atoms with Gasteiger partial charge >= 0.3 is 0 Å². The molecule has 4 aromatic rings. The summed E-state index contributed by atoms with van der Waals surface area (Å²) in [4.78, 5) is 21.0. The van der Waals surface area contributed by atoms with Gasteiger partial charge in [0.25, 0.3) is 5.91 Å². The number of anilines is 1. The Morgan fingerprint density at radius 2 is 2.06 bits per heavy atom. The van der Waals surface area contributed by atoms with E-state index in [1.54, 1.807) is 18.4 Å². The molecule has 1 saturated carbocycles. The molecule has 0 aliphatic heterocycles. The molecule has 160 valence electrons. The number of amides is 1. The van der Waals surface area contributed by atoms with Gasteiger partial charge in [0.05, 0.1) is 39.7 Å². The fraction of sp³-hybridized carbons (Fsp3) is 0.348. The summed E-state index contributed by atoms with van der Waals surface area (Å²) in [7, 11) is 1.62. The van der Waals surface area contributed by atoms with Crippen molar-refractivity contribution in [3.05, 3.63) is 53.9 Å². The summed E-state index contributed by atoms with van der Waals surface area (Å²) in [6, 6.07) is 12.0. The van der Waals surface area contributed by atoms with Crippen LogP contribution in [0.4, 0.5) is 5.13 Å². The first-order valence-corrected chi connectivity index (χ1v) is 11.4. The van der Waals surface area contributed by atoms with E-state index in [2.05, 4.69) is 32.3 Å². The van der Waals surface area contributed by atoms with E-state index in [1.807, 2.05) is 30.6 Å². The maximum Gasteiger partial charge on any atom is 0.251 e. The Hall–Kier alpha value is -2.97. The van der Waals surface area contributed by atoms with Crippen molar-refractivity contribution in [2.24, 2.45) is 0 Å². The lowest BCUT2D eigenvalue weighted by Gasteiger charge is -2.27. The number of rotatable bonds is 5. The number of hydrogen-bond donors (Lipinski definition) is 3. The molecule has 2 aromatic heterocycles. The first kappa shape index (κ1) is 20.0. The van der Waals surface area contributed by atoms with Crippen molar-refractivity contribution in [2.45, 2.75) is 44.4 Å². The molecule has 5 rings (SSSR count). The van der Waals surface area contributed by atoms with E-state index in [9.17, 15) is 9.90 Å². The van der Waals surface area contributed by atoms with Crippen molar-refractivity contribution < 1.29 is 9.90 Å². The van der Waals surface area contributed by atoms with Gasteiger partial charge in [-0.25, -0.2) is 9.97 Å². The second-order valence-corrected chi connectivity index (χ2v) is 9.11. The third kappa shape index (κ3) is 4.00. The van der Waals surface area contributed by atoms with Crippen LogP contribution in [0.15, 0.2) is 42.7 Å². The lowest BCUT2D eigenvalue weighted by atomic mass is 9.93. The van der Waals surface area contributed by atoms with E-state index in [1.165, 1.54) is 0 Å². The molecule has 2 aromatic carbocycles. The molecule has 31 heavy (non-hydrogen) atoms. The minimum Gasteiger partial charge on any atom is -0.391 e. The number of fused-ring (bicyclic) bond motifs is 2. The molecule has 0 saturated heterocycles. The van der Waals surface area contributed by atoms with Crippen LogP contribution in [0.2, 0.25) is 0 Å². The summed E-state index contributed by atoms with van der Waals surface area (Å²) >= 11 is 1.63. The second kappa shape index (κ2) is 8.28. The number of aliphatic hydroxyl groups excluding tert-OH is 1. The van der Waals surface area contributed by atoms with Gasteiger partial charge in [0, 0.05) is 19.2 Å². The van der Waals surface area contributed by atoms with E-state index in [4.69, 9.17) is 4.98 Å². The molecule has 2 heterocycles. The SMILES string of the molecule is CNC(=O)c1ccc2c(c1)ncn2Cc1ccc2nc(NC3CCCCC3O)sc2c1. The summed E-state index contributed by atoms with van der Waals surface area (Å²) in [5.74, 6) is -0.114. The zero-order valence-electron chi connectivity index (χ0n) is 17.3. The Morgan fingerprint density at radius 1 is 1.19 bits per heavy atom. The molecule has 8 heteroatoms. The number of nitrogens with one attached hydrogen (secondary N) is 2. The van der Waals surface area contributed by atoms with Crippen LogP contribution in [0, 0.1) is 0 Å². The van der Waals surface area contributed by atoms with E-state index >= 15 is 0 Å². The lowest BCUT2D eigenvalue weighted by molar-refractivity contribution is 0.0963. The number of nitrogens with zero attached hydrogens (tertiary/aromatic N) is 3. The number of carbonyl (C=O) groups is 1. The number of imidazole rings is 1. The van der Waals surface area contributed by atoms with Crippen LogP contribution >= 0.6 is 11.3 Å². The first-order chi connectivity index (χ1) is 15.1. The largest absolute Gasteiger partial charge is 0.391 e. The van der Waals surface area contributed by atoms with E-state index < -0.39 is 0 Å². The first-order valence-electron chi connectivity index (χ1n) is 10.6. The van der Waals surface area contributed by atoms with Crippen LogP contribution in [0.5, 0.6) is 0 Å². The van der Waals surface area contributed by atoms with Gasteiger partial charge in [-0.15, -0.1) is 0 Å². The summed E-state index contributed by atoms with van der Waals surface area (Å²) in [5, 5.41) is 17.2. The second-order valence-electron chi connectivity index (χ2n) is 8.08. The minimum atomic E-state index is -0.297. The Labute approximate surface area is 184 Å². The van der Waals surface area contributed by atoms with Gasteiger partial charge in [0.1, 0.15) is 0 Å². The van der Waals surface area contributed by atoms with Gasteiger partial charge in [-0.05, 0) is 48.7 Å². The molecule has 7 nitrogen and oxygen atoms in total.